The van der Waals surface area contributed by atoms with E-state index in [1.807, 2.05) is 30.3 Å². The zero-order chi connectivity index (χ0) is 21.2. The average molecular weight is 540 g/mol. The molecule has 0 amide bonds. The molecule has 2 N–H and O–H groups in total. The van der Waals surface area contributed by atoms with Gasteiger partial charge in [0.05, 0.1) is 13.2 Å². The Kier molecular flexibility index (Phi) is 10.7. The third kappa shape index (κ3) is 8.45. The van der Waals surface area contributed by atoms with E-state index in [1.54, 1.807) is 0 Å². The Balaban J connectivity index is 0.00000341. The molecule has 0 unspecified atom stereocenters. The Bertz CT molecular complexity index is 828. The van der Waals surface area contributed by atoms with Crippen LogP contribution in [0.1, 0.15) is 24.5 Å². The molecule has 1 aliphatic heterocycles. The molecular weight excluding hydrogens is 507 g/mol. The van der Waals surface area contributed by atoms with E-state index in [9.17, 15) is 0 Å². The molecule has 0 saturated heterocycles. The van der Waals surface area contributed by atoms with E-state index in [0.29, 0.717) is 13.1 Å². The summed E-state index contributed by atoms with van der Waals surface area (Å²) < 4.78 is 16.6. The van der Waals surface area contributed by atoms with E-state index in [2.05, 4.69) is 53.7 Å². The van der Waals surface area contributed by atoms with Crippen LogP contribution in [0, 0.1) is 0 Å². The molecule has 0 saturated carbocycles. The second-order valence-electron chi connectivity index (χ2n) is 7.39. The van der Waals surface area contributed by atoms with Crippen LogP contribution in [0.15, 0.2) is 47.5 Å². The number of nitrogens with one attached hydrogen (secondary N) is 2. The van der Waals surface area contributed by atoms with Crippen molar-refractivity contribution in [3.8, 4) is 17.2 Å². The van der Waals surface area contributed by atoms with Crippen molar-refractivity contribution in [2.45, 2.75) is 26.4 Å². The number of fused-ring (bicyclic) bond motifs is 1. The van der Waals surface area contributed by atoms with Gasteiger partial charge >= 0.3 is 0 Å². The molecule has 0 radical (unpaired) electrons. The van der Waals surface area contributed by atoms with Gasteiger partial charge in [0.1, 0.15) is 5.75 Å². The molecule has 170 valence electrons. The standard InChI is InChI=1S/C23H32N4O3.HI/c1-4-24-23(26-16-19-8-11-21-22(14-19)30-17-29-21)25-15-18-6-9-20(10-7-18)28-13-5-12-27(2)3;/h6-11,14H,4-5,12-13,15-17H2,1-3H3,(H2,24,25,26);1H. The fraction of sp³-hybridized carbons (Fsp3) is 0.435. The zero-order valence-electron chi connectivity index (χ0n) is 18.5. The van der Waals surface area contributed by atoms with Gasteiger partial charge in [-0.15, -0.1) is 24.0 Å². The molecule has 0 fully saturated rings. The van der Waals surface area contributed by atoms with Gasteiger partial charge < -0.3 is 29.7 Å². The summed E-state index contributed by atoms with van der Waals surface area (Å²) in [6.07, 6.45) is 1.02. The van der Waals surface area contributed by atoms with Crippen LogP contribution in [0.25, 0.3) is 0 Å². The first-order chi connectivity index (χ1) is 14.6. The van der Waals surface area contributed by atoms with Crippen LogP contribution in [0.5, 0.6) is 17.2 Å². The van der Waals surface area contributed by atoms with Gasteiger partial charge in [-0.05, 0) is 62.8 Å². The number of rotatable bonds is 10. The highest BCUT2D eigenvalue weighted by atomic mass is 127. The minimum absolute atomic E-state index is 0. The topological polar surface area (TPSA) is 67.4 Å². The summed E-state index contributed by atoms with van der Waals surface area (Å²) in [5.74, 6) is 3.25. The van der Waals surface area contributed by atoms with Gasteiger partial charge in [0, 0.05) is 19.6 Å². The van der Waals surface area contributed by atoms with E-state index in [-0.39, 0.29) is 30.8 Å². The van der Waals surface area contributed by atoms with Crippen LogP contribution in [-0.4, -0.2) is 51.4 Å². The first-order valence-electron chi connectivity index (χ1n) is 10.4. The molecule has 0 aliphatic carbocycles. The van der Waals surface area contributed by atoms with Crippen molar-refractivity contribution in [3.63, 3.8) is 0 Å². The van der Waals surface area contributed by atoms with Crippen LogP contribution < -0.4 is 24.8 Å². The molecular formula is C23H33IN4O3. The predicted octanol–water partition coefficient (Wildman–Crippen LogP) is 3.62. The van der Waals surface area contributed by atoms with Gasteiger partial charge in [-0.25, -0.2) is 4.99 Å². The molecule has 2 aromatic rings. The van der Waals surface area contributed by atoms with Gasteiger partial charge in [0.2, 0.25) is 6.79 Å². The number of hydrogen-bond acceptors (Lipinski definition) is 5. The number of benzene rings is 2. The van der Waals surface area contributed by atoms with Crippen molar-refractivity contribution in [1.29, 1.82) is 0 Å². The minimum atomic E-state index is 0. The van der Waals surface area contributed by atoms with Gasteiger partial charge in [-0.3, -0.25) is 0 Å². The quantitative estimate of drug-likeness (QED) is 0.208. The first kappa shape index (κ1) is 25.1. The maximum atomic E-state index is 5.79. The lowest BCUT2D eigenvalue weighted by Gasteiger charge is -2.13. The van der Waals surface area contributed by atoms with E-state index >= 15 is 0 Å². The van der Waals surface area contributed by atoms with E-state index < -0.39 is 0 Å². The molecule has 0 atom stereocenters. The maximum Gasteiger partial charge on any atom is 0.231 e. The maximum absolute atomic E-state index is 5.79. The predicted molar refractivity (Wildman–Crippen MR) is 135 cm³/mol. The lowest BCUT2D eigenvalue weighted by Crippen LogP contribution is -2.36. The molecule has 1 aliphatic rings. The molecule has 1 heterocycles. The minimum Gasteiger partial charge on any atom is -0.494 e. The second kappa shape index (κ2) is 13.3. The Morgan fingerprint density at radius 1 is 1.03 bits per heavy atom. The summed E-state index contributed by atoms with van der Waals surface area (Å²) in [6, 6.07) is 14.1. The molecule has 2 aromatic carbocycles. The SMILES string of the molecule is CCNC(=NCc1ccc2c(c1)OCO2)NCc1ccc(OCCCN(C)C)cc1.I. The monoisotopic (exact) mass is 540 g/mol. The van der Waals surface area contributed by atoms with Gasteiger partial charge in [-0.1, -0.05) is 18.2 Å². The Labute approximate surface area is 202 Å². The Hall–Kier alpha value is -2.20. The van der Waals surface area contributed by atoms with Crippen LogP contribution in [0.3, 0.4) is 0 Å². The summed E-state index contributed by atoms with van der Waals surface area (Å²) in [7, 11) is 4.14. The van der Waals surface area contributed by atoms with Gasteiger partial charge in [0.15, 0.2) is 17.5 Å². The molecule has 0 bridgehead atoms. The van der Waals surface area contributed by atoms with Crippen molar-refractivity contribution in [3.05, 3.63) is 53.6 Å². The number of guanidine groups is 1. The summed E-state index contributed by atoms with van der Waals surface area (Å²) in [5.41, 5.74) is 2.25. The molecule has 0 spiro atoms. The molecule has 7 nitrogen and oxygen atoms in total. The average Bonchev–Trinajstić information content (AvgIpc) is 3.22. The smallest absolute Gasteiger partial charge is 0.231 e. The highest BCUT2D eigenvalue weighted by molar-refractivity contribution is 14.0. The summed E-state index contributed by atoms with van der Waals surface area (Å²) in [5, 5.41) is 6.66. The molecule has 0 aromatic heterocycles. The van der Waals surface area contributed by atoms with Crippen LogP contribution in [-0.2, 0) is 13.1 Å². The molecule has 31 heavy (non-hydrogen) atoms. The summed E-state index contributed by atoms with van der Waals surface area (Å²) in [6.45, 7) is 6.15. The lowest BCUT2D eigenvalue weighted by atomic mass is 10.2. The number of nitrogens with zero attached hydrogens (tertiary/aromatic N) is 2. The fourth-order valence-corrected chi connectivity index (χ4v) is 3.01. The van der Waals surface area contributed by atoms with Gasteiger partial charge in [-0.2, -0.15) is 0 Å². The van der Waals surface area contributed by atoms with Crippen molar-refractivity contribution in [1.82, 2.24) is 15.5 Å². The van der Waals surface area contributed by atoms with E-state index in [4.69, 9.17) is 14.2 Å². The van der Waals surface area contributed by atoms with Gasteiger partial charge in [0.25, 0.3) is 0 Å². The largest absolute Gasteiger partial charge is 0.494 e. The van der Waals surface area contributed by atoms with Crippen molar-refractivity contribution in [2.24, 2.45) is 4.99 Å². The third-order valence-corrected chi connectivity index (χ3v) is 4.60. The molecule has 8 heteroatoms. The van der Waals surface area contributed by atoms with Crippen LogP contribution >= 0.6 is 24.0 Å². The second-order valence-corrected chi connectivity index (χ2v) is 7.39. The number of hydrogen-bond donors (Lipinski definition) is 2. The third-order valence-electron chi connectivity index (χ3n) is 4.60. The van der Waals surface area contributed by atoms with E-state index in [1.165, 1.54) is 5.56 Å². The van der Waals surface area contributed by atoms with E-state index in [0.717, 1.165) is 54.9 Å². The van der Waals surface area contributed by atoms with Crippen molar-refractivity contribution < 1.29 is 14.2 Å². The summed E-state index contributed by atoms with van der Waals surface area (Å²) in [4.78, 5) is 6.84. The Morgan fingerprint density at radius 2 is 1.77 bits per heavy atom. The number of ether oxygens (including phenoxy) is 3. The highest BCUT2D eigenvalue weighted by Gasteiger charge is 2.13. The number of aliphatic imine (C=N–C) groups is 1. The normalized spacial score (nSPS) is 12.5. The van der Waals surface area contributed by atoms with Crippen LogP contribution in [0.2, 0.25) is 0 Å². The summed E-state index contributed by atoms with van der Waals surface area (Å²) >= 11 is 0. The number of halogens is 1. The lowest BCUT2D eigenvalue weighted by molar-refractivity contribution is 0.174. The van der Waals surface area contributed by atoms with Crippen molar-refractivity contribution in [2.75, 3.05) is 40.6 Å². The van der Waals surface area contributed by atoms with Crippen molar-refractivity contribution >= 4 is 29.9 Å². The fourth-order valence-electron chi connectivity index (χ4n) is 3.01. The molecule has 3 rings (SSSR count). The first-order valence-corrected chi connectivity index (χ1v) is 10.4. The van der Waals surface area contributed by atoms with Crippen LogP contribution in [0.4, 0.5) is 0 Å². The highest BCUT2D eigenvalue weighted by Crippen LogP contribution is 2.32. The zero-order valence-corrected chi connectivity index (χ0v) is 20.8. The Morgan fingerprint density at radius 3 is 2.52 bits per heavy atom.